The molecule has 31 heavy (non-hydrogen) atoms. The van der Waals surface area contributed by atoms with Gasteiger partial charge in [0, 0.05) is 51.1 Å². The maximum atomic E-state index is 9.33. The first-order valence-electron chi connectivity index (χ1n) is 12.4. The quantitative estimate of drug-likeness (QED) is 0.416. The number of likely N-dealkylation sites (tertiary alicyclic amines) is 1. The molecule has 2 saturated heterocycles. The number of piperidine rings is 2. The van der Waals surface area contributed by atoms with Gasteiger partial charge < -0.3 is 25.5 Å². The predicted octanol–water partition coefficient (Wildman–Crippen LogP) is 3.21. The summed E-state index contributed by atoms with van der Waals surface area (Å²) in [6.07, 6.45) is 7.13. The molecule has 2 fully saturated rings. The molecule has 2 heterocycles. The molecule has 1 aromatic carbocycles. The molecule has 0 radical (unpaired) electrons. The number of guanidine groups is 1. The van der Waals surface area contributed by atoms with Crippen molar-refractivity contribution in [3.63, 3.8) is 0 Å². The monoisotopic (exact) mass is 429 g/mol. The Morgan fingerprint density at radius 2 is 1.74 bits per heavy atom. The summed E-state index contributed by atoms with van der Waals surface area (Å²) < 4.78 is 0. The SMILES string of the molecule is CCCCN1CCC(NC(=NCc2ccc(N3CCC(CO)CC3)cc2)NCC)CC1. The highest BCUT2D eigenvalue weighted by Crippen LogP contribution is 2.23. The second kappa shape index (κ2) is 12.9. The Kier molecular flexibility index (Phi) is 9.94. The second-order valence-corrected chi connectivity index (χ2v) is 9.09. The molecule has 0 atom stereocenters. The third kappa shape index (κ3) is 7.69. The number of nitrogens with one attached hydrogen (secondary N) is 2. The van der Waals surface area contributed by atoms with Gasteiger partial charge in [0.1, 0.15) is 0 Å². The first kappa shape index (κ1) is 23.9. The summed E-state index contributed by atoms with van der Waals surface area (Å²) in [5.41, 5.74) is 2.52. The van der Waals surface area contributed by atoms with Gasteiger partial charge in [-0.1, -0.05) is 25.5 Å². The maximum Gasteiger partial charge on any atom is 0.191 e. The van der Waals surface area contributed by atoms with Gasteiger partial charge in [-0.15, -0.1) is 0 Å². The van der Waals surface area contributed by atoms with Crippen LogP contribution in [-0.2, 0) is 6.54 Å². The molecular formula is C25H43N5O. The fourth-order valence-corrected chi connectivity index (χ4v) is 4.55. The van der Waals surface area contributed by atoms with E-state index < -0.39 is 0 Å². The van der Waals surface area contributed by atoms with E-state index in [0.717, 1.165) is 38.4 Å². The fourth-order valence-electron chi connectivity index (χ4n) is 4.55. The highest BCUT2D eigenvalue weighted by molar-refractivity contribution is 5.80. The van der Waals surface area contributed by atoms with Crippen LogP contribution in [0.5, 0.6) is 0 Å². The number of hydrogen-bond acceptors (Lipinski definition) is 4. The van der Waals surface area contributed by atoms with Crippen LogP contribution in [0, 0.1) is 5.92 Å². The van der Waals surface area contributed by atoms with Crippen LogP contribution in [0.1, 0.15) is 57.9 Å². The van der Waals surface area contributed by atoms with Crippen LogP contribution in [0.3, 0.4) is 0 Å². The molecule has 6 nitrogen and oxygen atoms in total. The largest absolute Gasteiger partial charge is 0.396 e. The number of aliphatic hydroxyl groups is 1. The second-order valence-electron chi connectivity index (χ2n) is 9.09. The zero-order valence-electron chi connectivity index (χ0n) is 19.7. The molecule has 0 saturated carbocycles. The average molecular weight is 430 g/mol. The number of unbranched alkanes of at least 4 members (excludes halogenated alkanes) is 1. The highest BCUT2D eigenvalue weighted by Gasteiger charge is 2.20. The lowest BCUT2D eigenvalue weighted by Crippen LogP contribution is -2.48. The van der Waals surface area contributed by atoms with Crippen molar-refractivity contribution in [2.75, 3.05) is 50.8 Å². The van der Waals surface area contributed by atoms with Crippen LogP contribution >= 0.6 is 0 Å². The lowest BCUT2D eigenvalue weighted by atomic mass is 9.97. The minimum absolute atomic E-state index is 0.324. The van der Waals surface area contributed by atoms with Gasteiger partial charge in [-0.05, 0) is 69.2 Å². The van der Waals surface area contributed by atoms with E-state index in [1.165, 1.54) is 56.6 Å². The van der Waals surface area contributed by atoms with Crippen molar-refractivity contribution >= 4 is 11.6 Å². The van der Waals surface area contributed by atoms with Crippen LogP contribution in [0.4, 0.5) is 5.69 Å². The van der Waals surface area contributed by atoms with E-state index in [1.807, 2.05) is 0 Å². The van der Waals surface area contributed by atoms with Crippen LogP contribution in [-0.4, -0.2) is 67.9 Å². The Hall–Kier alpha value is -1.79. The van der Waals surface area contributed by atoms with Gasteiger partial charge in [-0.25, -0.2) is 4.99 Å². The van der Waals surface area contributed by atoms with Gasteiger partial charge in [-0.2, -0.15) is 0 Å². The number of aliphatic imine (C=N–C) groups is 1. The maximum absolute atomic E-state index is 9.33. The Labute approximate surface area is 189 Å². The van der Waals surface area contributed by atoms with E-state index in [4.69, 9.17) is 4.99 Å². The summed E-state index contributed by atoms with van der Waals surface area (Å²) in [6, 6.07) is 9.35. The molecule has 2 aliphatic heterocycles. The van der Waals surface area contributed by atoms with Gasteiger partial charge in [0.2, 0.25) is 0 Å². The standard InChI is InChI=1S/C25H43N5O/c1-3-5-14-29-15-12-23(13-16-29)28-25(26-4-2)27-19-21-6-8-24(9-7-21)30-17-10-22(20-31)11-18-30/h6-9,22-23,31H,3-5,10-20H2,1-2H3,(H2,26,27,28). The molecule has 3 rings (SSSR count). The third-order valence-corrected chi connectivity index (χ3v) is 6.69. The normalized spacial score (nSPS) is 19.6. The van der Waals surface area contributed by atoms with Crippen molar-refractivity contribution in [3.05, 3.63) is 29.8 Å². The minimum atomic E-state index is 0.324. The predicted molar refractivity (Wildman–Crippen MR) is 131 cm³/mol. The van der Waals surface area contributed by atoms with Gasteiger partial charge >= 0.3 is 0 Å². The topological polar surface area (TPSA) is 63.1 Å². The van der Waals surface area contributed by atoms with Crippen molar-refractivity contribution in [1.29, 1.82) is 0 Å². The van der Waals surface area contributed by atoms with Crippen LogP contribution in [0.2, 0.25) is 0 Å². The zero-order valence-corrected chi connectivity index (χ0v) is 19.7. The summed E-state index contributed by atoms with van der Waals surface area (Å²) >= 11 is 0. The number of hydrogen-bond donors (Lipinski definition) is 3. The van der Waals surface area contributed by atoms with Crippen molar-refractivity contribution in [2.45, 2.75) is 65.0 Å². The van der Waals surface area contributed by atoms with E-state index in [2.05, 4.69) is 58.5 Å². The lowest BCUT2D eigenvalue weighted by Gasteiger charge is -2.33. The molecule has 3 N–H and O–H groups in total. The Balaban J connectivity index is 1.47. The summed E-state index contributed by atoms with van der Waals surface area (Å²) in [6.45, 7) is 12.0. The molecule has 0 amide bonds. The van der Waals surface area contributed by atoms with Crippen molar-refractivity contribution < 1.29 is 5.11 Å². The summed E-state index contributed by atoms with van der Waals surface area (Å²) in [7, 11) is 0. The minimum Gasteiger partial charge on any atom is -0.396 e. The Morgan fingerprint density at radius 1 is 1.03 bits per heavy atom. The summed E-state index contributed by atoms with van der Waals surface area (Å²) in [4.78, 5) is 9.87. The molecular weight excluding hydrogens is 386 g/mol. The van der Waals surface area contributed by atoms with Crippen molar-refractivity contribution in [1.82, 2.24) is 15.5 Å². The molecule has 0 bridgehead atoms. The average Bonchev–Trinajstić information content (AvgIpc) is 2.82. The third-order valence-electron chi connectivity index (χ3n) is 6.69. The van der Waals surface area contributed by atoms with E-state index in [0.29, 0.717) is 25.1 Å². The van der Waals surface area contributed by atoms with E-state index in [9.17, 15) is 5.11 Å². The van der Waals surface area contributed by atoms with Crippen molar-refractivity contribution in [3.8, 4) is 0 Å². The number of aliphatic hydroxyl groups excluding tert-OH is 1. The van der Waals surface area contributed by atoms with E-state index in [1.54, 1.807) is 0 Å². The molecule has 0 aliphatic carbocycles. The van der Waals surface area contributed by atoms with Crippen LogP contribution < -0.4 is 15.5 Å². The van der Waals surface area contributed by atoms with Gasteiger partial charge in [0.25, 0.3) is 0 Å². The van der Waals surface area contributed by atoms with Crippen LogP contribution in [0.25, 0.3) is 0 Å². The Morgan fingerprint density at radius 3 is 2.35 bits per heavy atom. The molecule has 0 unspecified atom stereocenters. The molecule has 174 valence electrons. The fraction of sp³-hybridized carbons (Fsp3) is 0.720. The van der Waals surface area contributed by atoms with Gasteiger partial charge in [0.05, 0.1) is 6.54 Å². The molecule has 2 aliphatic rings. The summed E-state index contributed by atoms with van der Waals surface area (Å²) in [5.74, 6) is 1.41. The number of benzene rings is 1. The first-order chi connectivity index (χ1) is 15.2. The van der Waals surface area contributed by atoms with E-state index >= 15 is 0 Å². The van der Waals surface area contributed by atoms with Crippen molar-refractivity contribution in [2.24, 2.45) is 10.9 Å². The van der Waals surface area contributed by atoms with Gasteiger partial charge in [-0.3, -0.25) is 0 Å². The number of nitrogens with zero attached hydrogens (tertiary/aromatic N) is 3. The number of anilines is 1. The lowest BCUT2D eigenvalue weighted by molar-refractivity contribution is 0.203. The molecule has 0 spiro atoms. The highest BCUT2D eigenvalue weighted by atomic mass is 16.3. The first-order valence-corrected chi connectivity index (χ1v) is 12.4. The smallest absolute Gasteiger partial charge is 0.191 e. The zero-order chi connectivity index (χ0) is 21.9. The molecule has 6 heteroatoms. The molecule has 0 aromatic heterocycles. The van der Waals surface area contributed by atoms with Crippen LogP contribution in [0.15, 0.2) is 29.3 Å². The molecule has 1 aromatic rings. The Bertz CT molecular complexity index is 646. The van der Waals surface area contributed by atoms with Gasteiger partial charge in [0.15, 0.2) is 5.96 Å². The summed E-state index contributed by atoms with van der Waals surface area (Å²) in [5, 5.41) is 16.4. The van der Waals surface area contributed by atoms with E-state index in [-0.39, 0.29) is 0 Å². The number of rotatable bonds is 9.